The third kappa shape index (κ3) is 3.86. The van der Waals surface area contributed by atoms with Crippen molar-refractivity contribution < 1.29 is 27.4 Å². The Morgan fingerprint density at radius 3 is 1.92 bits per heavy atom. The van der Waals surface area contributed by atoms with Crippen molar-refractivity contribution in [1.82, 2.24) is 4.31 Å². The lowest BCUT2D eigenvalue weighted by atomic mass is 10.1. The summed E-state index contributed by atoms with van der Waals surface area (Å²) in [6.07, 6.45) is 0. The second kappa shape index (κ2) is 8.29. The molecule has 2 rings (SSSR count). The van der Waals surface area contributed by atoms with Crippen molar-refractivity contribution in [2.45, 2.75) is 11.4 Å². The van der Waals surface area contributed by atoms with Gasteiger partial charge in [-0.15, -0.1) is 0 Å². The summed E-state index contributed by atoms with van der Waals surface area (Å²) in [4.78, 5) is 0.0238. The molecule has 2 aromatic rings. The molecule has 0 atom stereocenters. The third-order valence-electron chi connectivity index (χ3n) is 3.97. The number of sulfonamides is 1. The minimum Gasteiger partial charge on any atom is -0.497 e. The summed E-state index contributed by atoms with van der Waals surface area (Å²) in [6, 6.07) is 9.92. The average Bonchev–Trinajstić information content (AvgIpc) is 2.67. The standard InChI is InChI=1S/C18H23NO6S/c1-19(12-14-15(23-3)7-6-8-16(14)24-4)26(20,21)18-11-13(22-2)9-10-17(18)25-5/h6-11H,12H2,1-5H3. The number of ether oxygens (including phenoxy) is 4. The number of hydrogen-bond acceptors (Lipinski definition) is 6. The van der Waals surface area contributed by atoms with Gasteiger partial charge in [-0.1, -0.05) is 6.07 Å². The van der Waals surface area contributed by atoms with Crippen molar-refractivity contribution in [2.75, 3.05) is 35.5 Å². The Bertz CT molecular complexity index is 844. The lowest BCUT2D eigenvalue weighted by Gasteiger charge is -2.21. The monoisotopic (exact) mass is 381 g/mol. The molecular weight excluding hydrogens is 358 g/mol. The summed E-state index contributed by atoms with van der Waals surface area (Å²) in [5, 5.41) is 0. The summed E-state index contributed by atoms with van der Waals surface area (Å²) < 4.78 is 48.4. The molecule has 0 unspecified atom stereocenters. The number of nitrogens with zero attached hydrogens (tertiary/aromatic N) is 1. The highest BCUT2D eigenvalue weighted by Gasteiger charge is 2.27. The predicted molar refractivity (Wildman–Crippen MR) is 97.7 cm³/mol. The van der Waals surface area contributed by atoms with Gasteiger partial charge in [0.25, 0.3) is 0 Å². The van der Waals surface area contributed by atoms with Crippen molar-refractivity contribution in [2.24, 2.45) is 0 Å². The fourth-order valence-corrected chi connectivity index (χ4v) is 3.85. The first-order valence-corrected chi connectivity index (χ1v) is 9.21. The third-order valence-corrected chi connectivity index (χ3v) is 5.79. The zero-order valence-electron chi connectivity index (χ0n) is 15.5. The van der Waals surface area contributed by atoms with E-state index >= 15 is 0 Å². The van der Waals surface area contributed by atoms with Crippen LogP contribution in [0.1, 0.15) is 5.56 Å². The summed E-state index contributed by atoms with van der Waals surface area (Å²) >= 11 is 0. The summed E-state index contributed by atoms with van der Waals surface area (Å²) in [5.41, 5.74) is 0.630. The van der Waals surface area contributed by atoms with Crippen LogP contribution in [0, 0.1) is 0 Å². The van der Waals surface area contributed by atoms with Crippen LogP contribution in [-0.4, -0.2) is 48.2 Å². The number of hydrogen-bond donors (Lipinski definition) is 0. The van der Waals surface area contributed by atoms with Crippen LogP contribution in [0.2, 0.25) is 0 Å². The smallest absolute Gasteiger partial charge is 0.246 e. The molecular formula is C18H23NO6S. The molecule has 0 amide bonds. The van der Waals surface area contributed by atoms with Crippen LogP contribution in [0.15, 0.2) is 41.3 Å². The number of benzene rings is 2. The molecule has 0 spiro atoms. The molecule has 7 nitrogen and oxygen atoms in total. The van der Waals surface area contributed by atoms with Crippen LogP contribution < -0.4 is 18.9 Å². The van der Waals surface area contributed by atoms with Crippen LogP contribution in [-0.2, 0) is 16.6 Å². The molecule has 142 valence electrons. The lowest BCUT2D eigenvalue weighted by molar-refractivity contribution is 0.368. The lowest BCUT2D eigenvalue weighted by Crippen LogP contribution is -2.27. The predicted octanol–water partition coefficient (Wildman–Crippen LogP) is 2.54. The van der Waals surface area contributed by atoms with E-state index in [9.17, 15) is 8.42 Å². The van der Waals surface area contributed by atoms with Crippen molar-refractivity contribution >= 4 is 10.0 Å². The van der Waals surface area contributed by atoms with Gasteiger partial charge in [-0.05, 0) is 24.3 Å². The van der Waals surface area contributed by atoms with Gasteiger partial charge in [0.15, 0.2) is 0 Å². The zero-order chi connectivity index (χ0) is 19.3. The van der Waals surface area contributed by atoms with E-state index in [1.54, 1.807) is 30.3 Å². The Morgan fingerprint density at radius 2 is 1.42 bits per heavy atom. The molecule has 0 saturated carbocycles. The fraction of sp³-hybridized carbons (Fsp3) is 0.333. The summed E-state index contributed by atoms with van der Waals surface area (Å²) in [7, 11) is 3.59. The van der Waals surface area contributed by atoms with E-state index in [4.69, 9.17) is 18.9 Å². The molecule has 0 radical (unpaired) electrons. The summed E-state index contributed by atoms with van der Waals surface area (Å²) in [5.74, 6) is 1.75. The highest BCUT2D eigenvalue weighted by molar-refractivity contribution is 7.89. The van der Waals surface area contributed by atoms with Gasteiger partial charge < -0.3 is 18.9 Å². The Labute approximate surface area is 154 Å². The van der Waals surface area contributed by atoms with Gasteiger partial charge in [-0.2, -0.15) is 4.31 Å². The first-order valence-electron chi connectivity index (χ1n) is 7.77. The molecule has 0 heterocycles. The van der Waals surface area contributed by atoms with Crippen molar-refractivity contribution in [1.29, 1.82) is 0 Å². The van der Waals surface area contributed by atoms with Crippen LogP contribution in [0.4, 0.5) is 0 Å². The molecule has 0 saturated heterocycles. The topological polar surface area (TPSA) is 74.3 Å². The van der Waals surface area contributed by atoms with Gasteiger partial charge in [0.1, 0.15) is 27.9 Å². The highest BCUT2D eigenvalue weighted by Crippen LogP contribution is 2.34. The van der Waals surface area contributed by atoms with E-state index in [1.807, 2.05) is 0 Å². The Kier molecular flexibility index (Phi) is 6.33. The normalized spacial score (nSPS) is 11.3. The minimum atomic E-state index is -3.85. The van der Waals surface area contributed by atoms with Crippen LogP contribution in [0.3, 0.4) is 0 Å². The zero-order valence-corrected chi connectivity index (χ0v) is 16.3. The Balaban J connectivity index is 2.46. The van der Waals surface area contributed by atoms with Gasteiger partial charge >= 0.3 is 0 Å². The average molecular weight is 381 g/mol. The molecule has 8 heteroatoms. The van der Waals surface area contributed by atoms with E-state index in [0.717, 1.165) is 0 Å². The quantitative estimate of drug-likeness (QED) is 0.700. The van der Waals surface area contributed by atoms with Crippen molar-refractivity contribution in [3.8, 4) is 23.0 Å². The highest BCUT2D eigenvalue weighted by atomic mass is 32.2. The van der Waals surface area contributed by atoms with Crippen molar-refractivity contribution in [3.05, 3.63) is 42.0 Å². The van der Waals surface area contributed by atoms with Gasteiger partial charge in [-0.3, -0.25) is 0 Å². The first-order chi connectivity index (χ1) is 12.4. The maximum Gasteiger partial charge on any atom is 0.246 e. The van der Waals surface area contributed by atoms with Gasteiger partial charge in [0.2, 0.25) is 10.0 Å². The molecule has 0 N–H and O–H groups in total. The maximum atomic E-state index is 13.1. The van der Waals surface area contributed by atoms with Crippen LogP contribution in [0.25, 0.3) is 0 Å². The largest absolute Gasteiger partial charge is 0.497 e. The van der Waals surface area contributed by atoms with Gasteiger partial charge in [0.05, 0.1) is 34.0 Å². The Morgan fingerprint density at radius 1 is 0.846 bits per heavy atom. The second-order valence-electron chi connectivity index (χ2n) is 5.42. The van der Waals surface area contributed by atoms with Gasteiger partial charge in [-0.25, -0.2) is 8.42 Å². The van der Waals surface area contributed by atoms with E-state index in [0.29, 0.717) is 22.8 Å². The summed E-state index contributed by atoms with van der Waals surface area (Å²) in [6.45, 7) is 0.0654. The van der Waals surface area contributed by atoms with E-state index in [1.165, 1.54) is 45.9 Å². The molecule has 0 aliphatic rings. The molecule has 0 aliphatic carbocycles. The minimum absolute atomic E-state index is 0.0238. The fourth-order valence-electron chi connectivity index (χ4n) is 2.54. The molecule has 0 bridgehead atoms. The van der Waals surface area contributed by atoms with E-state index in [2.05, 4.69) is 0 Å². The second-order valence-corrected chi connectivity index (χ2v) is 7.43. The first kappa shape index (κ1) is 19.9. The maximum absolute atomic E-state index is 13.1. The molecule has 0 aliphatic heterocycles. The van der Waals surface area contributed by atoms with E-state index in [-0.39, 0.29) is 17.2 Å². The van der Waals surface area contributed by atoms with Crippen LogP contribution >= 0.6 is 0 Å². The van der Waals surface area contributed by atoms with Gasteiger partial charge in [0, 0.05) is 19.7 Å². The molecule has 0 fully saturated rings. The van der Waals surface area contributed by atoms with Crippen molar-refractivity contribution in [3.63, 3.8) is 0 Å². The SMILES string of the molecule is COc1ccc(OC)c(S(=O)(=O)N(C)Cc2c(OC)cccc2OC)c1. The molecule has 0 aromatic heterocycles. The van der Waals surface area contributed by atoms with E-state index < -0.39 is 10.0 Å². The number of methoxy groups -OCH3 is 4. The molecule has 2 aromatic carbocycles. The number of rotatable bonds is 8. The Hall–Kier alpha value is -2.45. The van der Waals surface area contributed by atoms with Crippen LogP contribution in [0.5, 0.6) is 23.0 Å². The molecule has 26 heavy (non-hydrogen) atoms.